The molecule has 1 heterocycles. The third-order valence-corrected chi connectivity index (χ3v) is 2.77. The van der Waals surface area contributed by atoms with Crippen LogP contribution < -0.4 is 21.3 Å². The zero-order valence-electron chi connectivity index (χ0n) is 10.1. The largest absolute Gasteiger partial charge is 0.351 e. The van der Waals surface area contributed by atoms with Gasteiger partial charge in [0.2, 0.25) is 10.0 Å². The van der Waals surface area contributed by atoms with E-state index >= 15 is 0 Å². The van der Waals surface area contributed by atoms with Crippen molar-refractivity contribution >= 4 is 21.7 Å². The van der Waals surface area contributed by atoms with Crippen LogP contribution >= 0.6 is 0 Å². The molecule has 0 unspecified atom stereocenters. The number of carbonyl (C=O) groups is 1. The Morgan fingerprint density at radius 1 is 1.47 bits per heavy atom. The van der Waals surface area contributed by atoms with Gasteiger partial charge in [-0.1, -0.05) is 0 Å². The van der Waals surface area contributed by atoms with Gasteiger partial charge in [0.15, 0.2) is 11.6 Å². The number of pyridine rings is 1. The summed E-state index contributed by atoms with van der Waals surface area (Å²) >= 11 is 0. The Hall–Kier alpha value is -1.78. The van der Waals surface area contributed by atoms with Crippen molar-refractivity contribution in [3.05, 3.63) is 23.6 Å². The average molecular weight is 291 g/mol. The number of hydrogen-bond acceptors (Lipinski definition) is 6. The van der Waals surface area contributed by atoms with Gasteiger partial charge in [0.1, 0.15) is 0 Å². The van der Waals surface area contributed by atoms with Gasteiger partial charge in [0.05, 0.1) is 11.8 Å². The molecule has 8 nitrogen and oxygen atoms in total. The molecular formula is C9H14FN5O3S. The summed E-state index contributed by atoms with van der Waals surface area (Å²) in [4.78, 5) is 15.2. The average Bonchev–Trinajstić information content (AvgIpc) is 2.33. The number of aromatic nitrogens is 1. The van der Waals surface area contributed by atoms with Gasteiger partial charge in [-0.05, 0) is 6.07 Å². The number of halogens is 1. The molecule has 0 saturated carbocycles. The molecule has 5 N–H and O–H groups in total. The number of carbonyl (C=O) groups excluding carboxylic acids is 1. The first-order valence-electron chi connectivity index (χ1n) is 5.19. The Labute approximate surface area is 109 Å². The minimum Gasteiger partial charge on any atom is -0.351 e. The molecule has 0 atom stereocenters. The number of hydrogen-bond donors (Lipinski definition) is 4. The summed E-state index contributed by atoms with van der Waals surface area (Å²) in [5.41, 5.74) is 1.79. The zero-order valence-corrected chi connectivity index (χ0v) is 10.9. The van der Waals surface area contributed by atoms with Crippen LogP contribution in [0, 0.1) is 5.82 Å². The maximum Gasteiger partial charge on any atom is 0.254 e. The standard InChI is InChI=1S/C9H14FN5O3S/c1-19(17,18)14-5-4-13-9(16)6-2-3-12-8(15-11)7(6)10/h2-3,14H,4-5,11H2,1H3,(H,12,15)(H,13,16). The number of amides is 1. The molecule has 1 amide bonds. The highest BCUT2D eigenvalue weighted by atomic mass is 32.2. The number of anilines is 1. The van der Waals surface area contributed by atoms with E-state index in [0.717, 1.165) is 6.26 Å². The lowest BCUT2D eigenvalue weighted by Crippen LogP contribution is -2.34. The van der Waals surface area contributed by atoms with Crippen LogP contribution in [0.15, 0.2) is 12.3 Å². The Bertz CT molecular complexity index is 563. The maximum atomic E-state index is 13.6. The van der Waals surface area contributed by atoms with E-state index in [-0.39, 0.29) is 24.5 Å². The molecule has 10 heteroatoms. The lowest BCUT2D eigenvalue weighted by molar-refractivity contribution is 0.0950. The van der Waals surface area contributed by atoms with Crippen LogP contribution in [-0.2, 0) is 10.0 Å². The van der Waals surface area contributed by atoms with Gasteiger partial charge in [0, 0.05) is 19.3 Å². The third kappa shape index (κ3) is 4.77. The Kier molecular flexibility index (Phi) is 5.15. The van der Waals surface area contributed by atoms with E-state index in [9.17, 15) is 17.6 Å². The SMILES string of the molecule is CS(=O)(=O)NCCNC(=O)c1ccnc(NN)c1F. The van der Waals surface area contributed by atoms with Crippen LogP contribution in [0.4, 0.5) is 10.2 Å². The Balaban J connectivity index is 2.59. The summed E-state index contributed by atoms with van der Waals surface area (Å²) in [5.74, 6) is 3.22. The smallest absolute Gasteiger partial charge is 0.254 e. The Morgan fingerprint density at radius 3 is 2.74 bits per heavy atom. The van der Waals surface area contributed by atoms with Crippen molar-refractivity contribution in [1.82, 2.24) is 15.0 Å². The highest BCUT2D eigenvalue weighted by Crippen LogP contribution is 2.13. The third-order valence-electron chi connectivity index (χ3n) is 2.05. The summed E-state index contributed by atoms with van der Waals surface area (Å²) in [6.45, 7) is 0.0400. The molecule has 0 aliphatic rings. The first-order valence-corrected chi connectivity index (χ1v) is 7.08. The van der Waals surface area contributed by atoms with E-state index in [1.54, 1.807) is 0 Å². The predicted molar refractivity (Wildman–Crippen MR) is 67.2 cm³/mol. The summed E-state index contributed by atoms with van der Waals surface area (Å²) in [6, 6.07) is 1.19. The molecule has 0 fully saturated rings. The van der Waals surface area contributed by atoms with Crippen LogP contribution in [0.5, 0.6) is 0 Å². The van der Waals surface area contributed by atoms with Gasteiger partial charge in [-0.2, -0.15) is 0 Å². The van der Waals surface area contributed by atoms with Crippen molar-refractivity contribution in [3.63, 3.8) is 0 Å². The fourth-order valence-corrected chi connectivity index (χ4v) is 1.70. The van der Waals surface area contributed by atoms with Gasteiger partial charge in [-0.25, -0.2) is 28.4 Å². The minimum absolute atomic E-state index is 0.0132. The van der Waals surface area contributed by atoms with Crippen LogP contribution in [0.25, 0.3) is 0 Å². The van der Waals surface area contributed by atoms with E-state index in [2.05, 4.69) is 15.0 Å². The van der Waals surface area contributed by atoms with Crippen LogP contribution in [0.2, 0.25) is 0 Å². The predicted octanol–water partition coefficient (Wildman–Crippen LogP) is -1.21. The summed E-state index contributed by atoms with van der Waals surface area (Å²) in [5, 5.41) is 2.36. The van der Waals surface area contributed by atoms with Crippen LogP contribution in [-0.4, -0.2) is 38.7 Å². The Morgan fingerprint density at radius 2 is 2.16 bits per heavy atom. The molecule has 1 aromatic rings. The van der Waals surface area contributed by atoms with E-state index in [1.165, 1.54) is 12.3 Å². The normalized spacial score (nSPS) is 11.1. The number of nitrogens with one attached hydrogen (secondary N) is 3. The summed E-state index contributed by atoms with van der Waals surface area (Å²) < 4.78 is 37.4. The summed E-state index contributed by atoms with van der Waals surface area (Å²) in [7, 11) is -3.32. The van der Waals surface area contributed by atoms with Gasteiger partial charge >= 0.3 is 0 Å². The van der Waals surface area contributed by atoms with E-state index in [0.29, 0.717) is 0 Å². The van der Waals surface area contributed by atoms with Gasteiger partial charge in [-0.15, -0.1) is 0 Å². The van der Waals surface area contributed by atoms with Gasteiger partial charge < -0.3 is 10.7 Å². The van der Waals surface area contributed by atoms with Crippen molar-refractivity contribution in [2.45, 2.75) is 0 Å². The molecule has 1 rings (SSSR count). The van der Waals surface area contributed by atoms with E-state index < -0.39 is 21.7 Å². The lowest BCUT2D eigenvalue weighted by Gasteiger charge is -2.08. The molecule has 0 saturated heterocycles. The molecule has 0 bridgehead atoms. The second-order valence-electron chi connectivity index (χ2n) is 3.59. The summed E-state index contributed by atoms with van der Waals surface area (Å²) in [6.07, 6.45) is 2.22. The van der Waals surface area contributed by atoms with Gasteiger partial charge in [-0.3, -0.25) is 4.79 Å². The number of sulfonamides is 1. The number of nitrogen functional groups attached to an aromatic ring is 1. The molecule has 0 aliphatic carbocycles. The number of rotatable bonds is 6. The van der Waals surface area contributed by atoms with Gasteiger partial charge in [0.25, 0.3) is 5.91 Å². The minimum atomic E-state index is -3.32. The fraction of sp³-hybridized carbons (Fsp3) is 0.333. The quantitative estimate of drug-likeness (QED) is 0.296. The van der Waals surface area contributed by atoms with Crippen molar-refractivity contribution < 1.29 is 17.6 Å². The second-order valence-corrected chi connectivity index (χ2v) is 5.42. The van der Waals surface area contributed by atoms with E-state index in [1.807, 2.05) is 5.43 Å². The fourth-order valence-electron chi connectivity index (χ4n) is 1.23. The number of nitrogens with two attached hydrogens (primary N) is 1. The zero-order chi connectivity index (χ0) is 14.5. The molecule has 19 heavy (non-hydrogen) atoms. The highest BCUT2D eigenvalue weighted by Gasteiger charge is 2.15. The number of nitrogens with zero attached hydrogens (tertiary/aromatic N) is 1. The maximum absolute atomic E-state index is 13.6. The van der Waals surface area contributed by atoms with Crippen molar-refractivity contribution in [2.75, 3.05) is 24.8 Å². The molecule has 0 aromatic carbocycles. The second kappa shape index (κ2) is 6.41. The first kappa shape index (κ1) is 15.3. The molecule has 106 valence electrons. The lowest BCUT2D eigenvalue weighted by atomic mass is 10.2. The van der Waals surface area contributed by atoms with Crippen LogP contribution in [0.3, 0.4) is 0 Å². The molecule has 0 aliphatic heterocycles. The highest BCUT2D eigenvalue weighted by molar-refractivity contribution is 7.88. The molecular weight excluding hydrogens is 277 g/mol. The van der Waals surface area contributed by atoms with Crippen molar-refractivity contribution in [3.8, 4) is 0 Å². The van der Waals surface area contributed by atoms with E-state index in [4.69, 9.17) is 5.84 Å². The van der Waals surface area contributed by atoms with Crippen molar-refractivity contribution in [2.24, 2.45) is 5.84 Å². The monoisotopic (exact) mass is 291 g/mol. The molecule has 1 aromatic heterocycles. The first-order chi connectivity index (χ1) is 8.85. The van der Waals surface area contributed by atoms with Crippen LogP contribution in [0.1, 0.15) is 10.4 Å². The van der Waals surface area contributed by atoms with Crippen molar-refractivity contribution in [1.29, 1.82) is 0 Å². The number of hydrazine groups is 1. The topological polar surface area (TPSA) is 126 Å². The molecule has 0 radical (unpaired) electrons. The molecule has 0 spiro atoms.